The minimum Gasteiger partial charge on any atom is -0.490 e. The van der Waals surface area contributed by atoms with Crippen LogP contribution in [0.2, 0.25) is 0 Å². The van der Waals surface area contributed by atoms with E-state index >= 15 is 0 Å². The summed E-state index contributed by atoms with van der Waals surface area (Å²) in [5.41, 5.74) is 0.915. The molecule has 1 unspecified atom stereocenters. The molecule has 0 amide bonds. The SMILES string of the molecule is COc1ccc(CN2CCCCC2CCO)cc1[N+](=O)[O-]. The van der Waals surface area contributed by atoms with Crippen molar-refractivity contribution in [2.75, 3.05) is 20.3 Å². The van der Waals surface area contributed by atoms with Crippen molar-refractivity contribution in [2.45, 2.75) is 38.3 Å². The van der Waals surface area contributed by atoms with Crippen molar-refractivity contribution in [2.24, 2.45) is 0 Å². The lowest BCUT2D eigenvalue weighted by Crippen LogP contribution is -2.39. The zero-order valence-electron chi connectivity index (χ0n) is 12.3. The Kier molecular flexibility index (Phi) is 5.52. The summed E-state index contributed by atoms with van der Waals surface area (Å²) in [6.45, 7) is 1.84. The predicted molar refractivity (Wildman–Crippen MR) is 79.4 cm³/mol. The third-order valence-electron chi connectivity index (χ3n) is 4.04. The Morgan fingerprint density at radius 1 is 1.48 bits per heavy atom. The van der Waals surface area contributed by atoms with Crippen LogP contribution < -0.4 is 4.74 Å². The Bertz CT molecular complexity index is 491. The molecule has 2 rings (SSSR count). The van der Waals surface area contributed by atoms with Gasteiger partial charge in [-0.05, 0) is 37.4 Å². The van der Waals surface area contributed by atoms with Crippen molar-refractivity contribution in [3.63, 3.8) is 0 Å². The van der Waals surface area contributed by atoms with Gasteiger partial charge in [-0.15, -0.1) is 0 Å². The van der Waals surface area contributed by atoms with E-state index in [1.807, 2.05) is 6.07 Å². The number of benzene rings is 1. The van der Waals surface area contributed by atoms with Gasteiger partial charge < -0.3 is 9.84 Å². The summed E-state index contributed by atoms with van der Waals surface area (Å²) in [4.78, 5) is 13.0. The molecule has 1 aromatic carbocycles. The summed E-state index contributed by atoms with van der Waals surface area (Å²) in [6, 6.07) is 5.48. The van der Waals surface area contributed by atoms with Gasteiger partial charge in [0, 0.05) is 25.3 Å². The van der Waals surface area contributed by atoms with E-state index in [9.17, 15) is 10.1 Å². The number of nitro benzene ring substituents is 1. The van der Waals surface area contributed by atoms with Crippen LogP contribution in [0, 0.1) is 10.1 Å². The number of piperidine rings is 1. The highest BCUT2D eigenvalue weighted by atomic mass is 16.6. The second kappa shape index (κ2) is 7.38. The first-order valence-corrected chi connectivity index (χ1v) is 7.32. The van der Waals surface area contributed by atoms with Gasteiger partial charge in [-0.2, -0.15) is 0 Å². The lowest BCUT2D eigenvalue weighted by Gasteiger charge is -2.35. The van der Waals surface area contributed by atoms with Crippen LogP contribution in [-0.2, 0) is 6.54 Å². The van der Waals surface area contributed by atoms with E-state index in [4.69, 9.17) is 9.84 Å². The molecule has 1 heterocycles. The zero-order valence-corrected chi connectivity index (χ0v) is 12.3. The first kappa shape index (κ1) is 15.7. The van der Waals surface area contributed by atoms with E-state index in [2.05, 4.69) is 4.90 Å². The maximum Gasteiger partial charge on any atom is 0.311 e. The summed E-state index contributed by atoms with van der Waals surface area (Å²) >= 11 is 0. The number of methoxy groups -OCH3 is 1. The molecule has 1 saturated heterocycles. The molecule has 0 aliphatic carbocycles. The molecular formula is C15H22N2O4. The summed E-state index contributed by atoms with van der Waals surface area (Å²) < 4.78 is 5.02. The molecule has 1 N–H and O–H groups in total. The molecule has 1 aliphatic rings. The highest BCUT2D eigenvalue weighted by molar-refractivity contribution is 5.48. The molecule has 1 aliphatic heterocycles. The number of nitro groups is 1. The zero-order chi connectivity index (χ0) is 15.2. The van der Waals surface area contributed by atoms with Crippen LogP contribution >= 0.6 is 0 Å². The monoisotopic (exact) mass is 294 g/mol. The van der Waals surface area contributed by atoms with Crippen LogP contribution in [0.4, 0.5) is 5.69 Å². The highest BCUT2D eigenvalue weighted by Gasteiger charge is 2.23. The van der Waals surface area contributed by atoms with Gasteiger partial charge in [0.05, 0.1) is 12.0 Å². The molecule has 0 bridgehead atoms. The number of nitrogens with zero attached hydrogens (tertiary/aromatic N) is 2. The smallest absolute Gasteiger partial charge is 0.311 e. The molecule has 0 saturated carbocycles. The van der Waals surface area contributed by atoms with E-state index in [1.54, 1.807) is 12.1 Å². The van der Waals surface area contributed by atoms with E-state index in [0.717, 1.165) is 31.4 Å². The maximum atomic E-state index is 11.1. The van der Waals surface area contributed by atoms with E-state index in [-0.39, 0.29) is 18.0 Å². The third-order valence-corrected chi connectivity index (χ3v) is 4.04. The summed E-state index contributed by atoms with van der Waals surface area (Å²) in [7, 11) is 1.43. The second-order valence-electron chi connectivity index (χ2n) is 5.40. The molecule has 1 fully saturated rings. The molecule has 6 nitrogen and oxygen atoms in total. The van der Waals surface area contributed by atoms with Gasteiger partial charge in [-0.1, -0.05) is 12.5 Å². The van der Waals surface area contributed by atoms with E-state index < -0.39 is 4.92 Å². The minimum atomic E-state index is -0.413. The predicted octanol–water partition coefficient (Wildman–Crippen LogP) is 2.34. The Balaban J connectivity index is 2.14. The number of hydrogen-bond acceptors (Lipinski definition) is 5. The van der Waals surface area contributed by atoms with Crippen molar-refractivity contribution in [1.82, 2.24) is 4.90 Å². The van der Waals surface area contributed by atoms with Gasteiger partial charge >= 0.3 is 5.69 Å². The van der Waals surface area contributed by atoms with Crippen LogP contribution in [-0.4, -0.2) is 41.2 Å². The molecule has 0 spiro atoms. The molecule has 1 aromatic rings. The summed E-state index contributed by atoms with van der Waals surface area (Å²) in [5.74, 6) is 0.286. The van der Waals surface area contributed by atoms with Gasteiger partial charge in [0.1, 0.15) is 0 Å². The normalized spacial score (nSPS) is 19.4. The number of aliphatic hydroxyl groups excluding tert-OH is 1. The average molecular weight is 294 g/mol. The average Bonchev–Trinajstić information content (AvgIpc) is 2.49. The van der Waals surface area contributed by atoms with Crippen LogP contribution in [0.1, 0.15) is 31.2 Å². The molecule has 0 radical (unpaired) electrons. The first-order valence-electron chi connectivity index (χ1n) is 7.32. The van der Waals surface area contributed by atoms with Gasteiger partial charge in [-0.25, -0.2) is 0 Å². The van der Waals surface area contributed by atoms with E-state index in [0.29, 0.717) is 12.6 Å². The van der Waals surface area contributed by atoms with Gasteiger partial charge in [-0.3, -0.25) is 15.0 Å². The van der Waals surface area contributed by atoms with Crippen LogP contribution in [0.15, 0.2) is 18.2 Å². The Morgan fingerprint density at radius 2 is 2.29 bits per heavy atom. The minimum absolute atomic E-state index is 0.00529. The lowest BCUT2D eigenvalue weighted by molar-refractivity contribution is -0.385. The number of hydrogen-bond donors (Lipinski definition) is 1. The van der Waals surface area contributed by atoms with Crippen LogP contribution in [0.5, 0.6) is 5.75 Å². The maximum absolute atomic E-state index is 11.1. The van der Waals surface area contributed by atoms with Crippen molar-refractivity contribution >= 4 is 5.69 Å². The fourth-order valence-electron chi connectivity index (χ4n) is 2.96. The third kappa shape index (κ3) is 3.92. The van der Waals surface area contributed by atoms with E-state index in [1.165, 1.54) is 13.5 Å². The number of ether oxygens (including phenoxy) is 1. The summed E-state index contributed by atoms with van der Waals surface area (Å²) in [6.07, 6.45) is 4.17. The highest BCUT2D eigenvalue weighted by Crippen LogP contribution is 2.29. The fraction of sp³-hybridized carbons (Fsp3) is 0.600. The fourth-order valence-corrected chi connectivity index (χ4v) is 2.96. The number of rotatable bonds is 6. The largest absolute Gasteiger partial charge is 0.490 e. The quantitative estimate of drug-likeness (QED) is 0.644. The molecule has 1 atom stereocenters. The number of likely N-dealkylation sites (tertiary alicyclic amines) is 1. The van der Waals surface area contributed by atoms with Gasteiger partial charge in [0.2, 0.25) is 0 Å². The van der Waals surface area contributed by atoms with Crippen LogP contribution in [0.25, 0.3) is 0 Å². The molecule has 21 heavy (non-hydrogen) atoms. The van der Waals surface area contributed by atoms with Crippen molar-refractivity contribution in [3.05, 3.63) is 33.9 Å². The van der Waals surface area contributed by atoms with Crippen molar-refractivity contribution in [3.8, 4) is 5.75 Å². The first-order chi connectivity index (χ1) is 10.2. The molecule has 6 heteroatoms. The molecule has 0 aromatic heterocycles. The Labute approximate surface area is 124 Å². The van der Waals surface area contributed by atoms with Gasteiger partial charge in [0.25, 0.3) is 0 Å². The Hall–Kier alpha value is -1.66. The molecular weight excluding hydrogens is 272 g/mol. The van der Waals surface area contributed by atoms with Crippen molar-refractivity contribution < 1.29 is 14.8 Å². The van der Waals surface area contributed by atoms with Gasteiger partial charge in [0.15, 0.2) is 5.75 Å². The topological polar surface area (TPSA) is 75.8 Å². The van der Waals surface area contributed by atoms with Crippen molar-refractivity contribution in [1.29, 1.82) is 0 Å². The standard InChI is InChI=1S/C15H22N2O4/c1-21-15-6-5-12(10-14(15)17(19)20)11-16-8-3-2-4-13(16)7-9-18/h5-6,10,13,18H,2-4,7-9,11H2,1H3. The summed E-state index contributed by atoms with van der Waals surface area (Å²) in [5, 5.41) is 20.2. The Morgan fingerprint density at radius 3 is 2.95 bits per heavy atom. The van der Waals surface area contributed by atoms with Crippen LogP contribution in [0.3, 0.4) is 0 Å². The second-order valence-corrected chi connectivity index (χ2v) is 5.40. The lowest BCUT2D eigenvalue weighted by atomic mass is 9.98. The molecule has 116 valence electrons. The number of aliphatic hydroxyl groups is 1.